The third kappa shape index (κ3) is 4.56. The maximum atomic E-state index is 12.5. The summed E-state index contributed by atoms with van der Waals surface area (Å²) in [6, 6.07) is 18.8. The number of nitrogens with zero attached hydrogens (tertiary/aromatic N) is 2. The van der Waals surface area contributed by atoms with Gasteiger partial charge in [-0.15, -0.1) is 0 Å². The van der Waals surface area contributed by atoms with E-state index in [2.05, 4.69) is 10.4 Å². The number of carbonyl (C=O) groups excluding carboxylic acids is 2. The minimum absolute atomic E-state index is 0.00839. The van der Waals surface area contributed by atoms with Gasteiger partial charge in [0.25, 0.3) is 5.91 Å². The summed E-state index contributed by atoms with van der Waals surface area (Å²) >= 11 is 0. The van der Waals surface area contributed by atoms with Gasteiger partial charge in [0.1, 0.15) is 0 Å². The average Bonchev–Trinajstić information content (AvgIpc) is 3.18. The number of ether oxygens (including phenoxy) is 2. The Labute approximate surface area is 162 Å². The lowest BCUT2D eigenvalue weighted by atomic mass is 10.2. The highest BCUT2D eigenvalue weighted by molar-refractivity contribution is 5.92. The zero-order chi connectivity index (χ0) is 19.9. The van der Waals surface area contributed by atoms with Crippen molar-refractivity contribution in [2.75, 3.05) is 7.11 Å². The number of rotatable bonds is 7. The molecule has 0 spiro atoms. The minimum atomic E-state index is -0.970. The number of carbonyl (C=O) groups is 2. The first kappa shape index (κ1) is 19.2. The Morgan fingerprint density at radius 3 is 2.36 bits per heavy atom. The van der Waals surface area contributed by atoms with Crippen molar-refractivity contribution in [2.45, 2.75) is 19.6 Å². The van der Waals surface area contributed by atoms with Gasteiger partial charge in [0.15, 0.2) is 11.9 Å². The summed E-state index contributed by atoms with van der Waals surface area (Å²) in [6.07, 6.45) is 0.620. The molecule has 0 unspecified atom stereocenters. The van der Waals surface area contributed by atoms with E-state index in [4.69, 9.17) is 9.47 Å². The van der Waals surface area contributed by atoms with E-state index in [1.807, 2.05) is 60.7 Å². The number of esters is 1. The second kappa shape index (κ2) is 8.85. The molecule has 2 aromatic carbocycles. The van der Waals surface area contributed by atoms with Crippen LogP contribution < -0.4 is 10.1 Å². The zero-order valence-corrected chi connectivity index (χ0v) is 15.7. The first-order valence-corrected chi connectivity index (χ1v) is 8.80. The molecule has 0 fully saturated rings. The van der Waals surface area contributed by atoms with Crippen LogP contribution in [-0.4, -0.2) is 34.9 Å². The second-order valence-electron chi connectivity index (χ2n) is 6.08. The minimum Gasteiger partial charge on any atom is -0.493 e. The molecule has 28 heavy (non-hydrogen) atoms. The van der Waals surface area contributed by atoms with Crippen molar-refractivity contribution in [3.05, 3.63) is 78.1 Å². The molecule has 144 valence electrons. The summed E-state index contributed by atoms with van der Waals surface area (Å²) in [7, 11) is 1.44. The molecule has 0 radical (unpaired) electrons. The van der Waals surface area contributed by atoms with E-state index in [0.29, 0.717) is 6.54 Å². The van der Waals surface area contributed by atoms with Gasteiger partial charge in [-0.25, -0.2) is 9.48 Å². The fourth-order valence-corrected chi connectivity index (χ4v) is 2.56. The standard InChI is InChI=1S/C21H21N3O4/c1-15(20(25)22-13-16-9-5-3-6-10-16)28-21(26)19-18(27-2)14-24(23-19)17-11-7-4-8-12-17/h3-12,14-15H,13H2,1-2H3,(H,22,25)/t15-/m0/s1. The van der Waals surface area contributed by atoms with Gasteiger partial charge in [-0.3, -0.25) is 4.79 Å². The monoisotopic (exact) mass is 379 g/mol. The molecule has 0 aliphatic carbocycles. The molecule has 0 saturated heterocycles. The molecule has 1 aromatic heterocycles. The van der Waals surface area contributed by atoms with Crippen LogP contribution in [0, 0.1) is 0 Å². The van der Waals surface area contributed by atoms with Crippen molar-refractivity contribution in [3.8, 4) is 11.4 Å². The van der Waals surface area contributed by atoms with Gasteiger partial charge in [-0.1, -0.05) is 48.5 Å². The summed E-state index contributed by atoms with van der Waals surface area (Å²) in [6.45, 7) is 1.87. The van der Waals surface area contributed by atoms with Gasteiger partial charge in [0.05, 0.1) is 19.0 Å². The lowest BCUT2D eigenvalue weighted by molar-refractivity contribution is -0.129. The first-order valence-electron chi connectivity index (χ1n) is 8.80. The quantitative estimate of drug-likeness (QED) is 0.638. The third-order valence-corrected chi connectivity index (χ3v) is 4.08. The Bertz CT molecular complexity index is 939. The summed E-state index contributed by atoms with van der Waals surface area (Å²) in [4.78, 5) is 24.7. The van der Waals surface area contributed by atoms with Crippen LogP contribution in [-0.2, 0) is 16.1 Å². The van der Waals surface area contributed by atoms with E-state index >= 15 is 0 Å². The van der Waals surface area contributed by atoms with Gasteiger partial charge in [0.2, 0.25) is 5.69 Å². The smallest absolute Gasteiger partial charge is 0.363 e. The summed E-state index contributed by atoms with van der Waals surface area (Å²) in [5, 5.41) is 6.98. The Morgan fingerprint density at radius 1 is 1.07 bits per heavy atom. The highest BCUT2D eigenvalue weighted by Crippen LogP contribution is 2.20. The normalized spacial score (nSPS) is 11.5. The van der Waals surface area contributed by atoms with Crippen LogP contribution in [0.1, 0.15) is 23.0 Å². The molecular weight excluding hydrogens is 358 g/mol. The van der Waals surface area contributed by atoms with Gasteiger partial charge in [0, 0.05) is 6.54 Å². The van der Waals surface area contributed by atoms with Crippen molar-refractivity contribution in [1.82, 2.24) is 15.1 Å². The van der Waals surface area contributed by atoms with Crippen LogP contribution in [0.5, 0.6) is 5.75 Å². The fourth-order valence-electron chi connectivity index (χ4n) is 2.56. The molecule has 1 atom stereocenters. The highest BCUT2D eigenvalue weighted by Gasteiger charge is 2.24. The summed E-state index contributed by atoms with van der Waals surface area (Å²) in [5.41, 5.74) is 1.74. The molecular formula is C21H21N3O4. The molecule has 1 amide bonds. The van der Waals surface area contributed by atoms with Gasteiger partial charge < -0.3 is 14.8 Å². The van der Waals surface area contributed by atoms with E-state index in [1.165, 1.54) is 18.7 Å². The largest absolute Gasteiger partial charge is 0.493 e. The van der Waals surface area contributed by atoms with E-state index in [1.54, 1.807) is 6.20 Å². The predicted molar refractivity (Wildman–Crippen MR) is 103 cm³/mol. The molecule has 0 aliphatic heterocycles. The van der Waals surface area contributed by atoms with Crippen molar-refractivity contribution in [2.24, 2.45) is 0 Å². The topological polar surface area (TPSA) is 82.5 Å². The SMILES string of the molecule is COc1cn(-c2ccccc2)nc1C(=O)O[C@@H](C)C(=O)NCc1ccccc1. The average molecular weight is 379 g/mol. The zero-order valence-electron chi connectivity index (χ0n) is 15.7. The fraction of sp³-hybridized carbons (Fsp3) is 0.190. The van der Waals surface area contributed by atoms with Crippen LogP contribution in [0.25, 0.3) is 5.69 Å². The number of hydrogen-bond acceptors (Lipinski definition) is 5. The Balaban J connectivity index is 1.65. The summed E-state index contributed by atoms with van der Waals surface area (Å²) < 4.78 is 12.0. The van der Waals surface area contributed by atoms with Gasteiger partial charge >= 0.3 is 5.97 Å². The number of hydrogen-bond donors (Lipinski definition) is 1. The molecule has 7 heteroatoms. The van der Waals surface area contributed by atoms with Crippen LogP contribution >= 0.6 is 0 Å². The van der Waals surface area contributed by atoms with Crippen molar-refractivity contribution in [1.29, 1.82) is 0 Å². The molecule has 1 N–H and O–H groups in total. The molecule has 0 aliphatic rings. The maximum absolute atomic E-state index is 12.5. The Hall–Kier alpha value is -3.61. The van der Waals surface area contributed by atoms with Crippen LogP contribution in [0.2, 0.25) is 0 Å². The van der Waals surface area contributed by atoms with Crippen LogP contribution in [0.3, 0.4) is 0 Å². The Morgan fingerprint density at radius 2 is 1.71 bits per heavy atom. The van der Waals surface area contributed by atoms with Crippen molar-refractivity contribution < 1.29 is 19.1 Å². The third-order valence-electron chi connectivity index (χ3n) is 4.08. The van der Waals surface area contributed by atoms with Crippen molar-refractivity contribution >= 4 is 11.9 Å². The van der Waals surface area contributed by atoms with E-state index in [0.717, 1.165) is 11.3 Å². The Kier molecular flexibility index (Phi) is 6.06. The highest BCUT2D eigenvalue weighted by atomic mass is 16.6. The van der Waals surface area contributed by atoms with E-state index < -0.39 is 18.0 Å². The number of benzene rings is 2. The number of aromatic nitrogens is 2. The van der Waals surface area contributed by atoms with Crippen molar-refractivity contribution in [3.63, 3.8) is 0 Å². The predicted octanol–water partition coefficient (Wildman–Crippen LogP) is 2.74. The number of amides is 1. The lowest BCUT2D eigenvalue weighted by Gasteiger charge is -2.13. The van der Waals surface area contributed by atoms with E-state index in [-0.39, 0.29) is 11.4 Å². The molecule has 3 aromatic rings. The molecule has 1 heterocycles. The molecule has 0 saturated carbocycles. The van der Waals surface area contributed by atoms with Gasteiger partial charge in [-0.05, 0) is 24.6 Å². The number of methoxy groups -OCH3 is 1. The van der Waals surface area contributed by atoms with Crippen LogP contribution in [0.15, 0.2) is 66.9 Å². The number of para-hydroxylation sites is 1. The summed E-state index contributed by atoms with van der Waals surface area (Å²) in [5.74, 6) is -0.849. The molecule has 7 nitrogen and oxygen atoms in total. The lowest BCUT2D eigenvalue weighted by Crippen LogP contribution is -2.35. The first-order chi connectivity index (χ1) is 13.6. The molecule has 3 rings (SSSR count). The van der Waals surface area contributed by atoms with E-state index in [9.17, 15) is 9.59 Å². The second-order valence-corrected chi connectivity index (χ2v) is 6.08. The molecule has 0 bridgehead atoms. The maximum Gasteiger partial charge on any atom is 0.363 e. The van der Waals surface area contributed by atoms with Gasteiger partial charge in [-0.2, -0.15) is 5.10 Å². The van der Waals surface area contributed by atoms with Crippen LogP contribution in [0.4, 0.5) is 0 Å². The number of nitrogens with one attached hydrogen (secondary N) is 1.